The van der Waals surface area contributed by atoms with E-state index in [1.807, 2.05) is 115 Å². The minimum Gasteiger partial charge on any atom is -0.355 e. The van der Waals surface area contributed by atoms with Crippen LogP contribution in [0.5, 0.6) is 0 Å². The minimum absolute atomic E-state index is 0.273. The molecule has 0 radical (unpaired) electrons. The van der Waals surface area contributed by atoms with E-state index in [1.54, 1.807) is 0 Å². The fraction of sp³-hybridized carbons (Fsp3) is 0.0476. The van der Waals surface area contributed by atoms with E-state index in [4.69, 9.17) is 11.6 Å². The molecule has 0 saturated heterocycles. The van der Waals surface area contributed by atoms with E-state index in [1.165, 1.54) is 24.3 Å². The van der Waals surface area contributed by atoms with Crippen LogP contribution < -0.4 is 0 Å². The molecule has 5 heterocycles. The molecule has 0 fully saturated rings. The highest BCUT2D eigenvalue weighted by molar-refractivity contribution is 6.22. The van der Waals surface area contributed by atoms with Gasteiger partial charge in [0.05, 0.1) is 39.4 Å². The molecular formula is C42H25ClF4N4. The molecule has 9 heteroatoms. The van der Waals surface area contributed by atoms with E-state index in [0.717, 1.165) is 16.6 Å². The summed E-state index contributed by atoms with van der Waals surface area (Å²) in [6.07, 6.45) is 5.65. The summed E-state index contributed by atoms with van der Waals surface area (Å²) >= 11 is 5.13. The number of nitrogens with one attached hydrogen (secondary N) is 2. The van der Waals surface area contributed by atoms with Crippen molar-refractivity contribution in [3.8, 4) is 34.1 Å². The fourth-order valence-corrected chi connectivity index (χ4v) is 6.34. The summed E-state index contributed by atoms with van der Waals surface area (Å²) in [6, 6.07) is 35.6. The normalized spacial score (nSPS) is 12.5. The monoisotopic (exact) mass is 696 g/mol. The Kier molecular flexibility index (Phi) is 7.93. The molecule has 2 aliphatic heterocycles. The highest BCUT2D eigenvalue weighted by Crippen LogP contribution is 2.49. The lowest BCUT2D eigenvalue weighted by Gasteiger charge is -2.22. The van der Waals surface area contributed by atoms with Crippen LogP contribution in [0.1, 0.15) is 39.5 Å². The van der Waals surface area contributed by atoms with Gasteiger partial charge in [-0.15, -0.1) is 0 Å². The summed E-state index contributed by atoms with van der Waals surface area (Å²) in [4.78, 5) is 16.0. The Balaban J connectivity index is 1.55. The second kappa shape index (κ2) is 12.6. The van der Waals surface area contributed by atoms with E-state index < -0.39 is 16.9 Å². The quantitative estimate of drug-likeness (QED) is 0.109. The van der Waals surface area contributed by atoms with Gasteiger partial charge in [-0.3, -0.25) is 0 Å². The van der Waals surface area contributed by atoms with Crippen molar-refractivity contribution in [2.75, 3.05) is 0 Å². The van der Waals surface area contributed by atoms with Gasteiger partial charge in [0.2, 0.25) is 0 Å². The van der Waals surface area contributed by atoms with Crippen molar-refractivity contribution >= 4 is 58.0 Å². The number of hydrogen-bond donors (Lipinski definition) is 2. The van der Waals surface area contributed by atoms with Gasteiger partial charge in [0.15, 0.2) is 0 Å². The van der Waals surface area contributed by atoms with Crippen LogP contribution >= 0.6 is 11.6 Å². The molecule has 2 aliphatic rings. The molecule has 6 aromatic rings. The molecule has 3 aromatic carbocycles. The first-order chi connectivity index (χ1) is 24.7. The third-order valence-electron chi connectivity index (χ3n) is 8.61. The number of halogens is 5. The molecule has 4 nitrogen and oxygen atoms in total. The first-order valence-electron chi connectivity index (χ1n) is 16.0. The van der Waals surface area contributed by atoms with Crippen LogP contribution in [0.4, 0.5) is 17.6 Å². The lowest BCUT2D eigenvalue weighted by Crippen LogP contribution is -2.34. The van der Waals surface area contributed by atoms with Crippen molar-refractivity contribution in [2.24, 2.45) is 0 Å². The summed E-state index contributed by atoms with van der Waals surface area (Å²) in [5, 5.41) is -4.94. The molecule has 0 unspecified atom stereocenters. The Morgan fingerprint density at radius 2 is 1.06 bits per heavy atom. The maximum Gasteiger partial charge on any atom is 0.388 e. The number of rotatable bonds is 4. The van der Waals surface area contributed by atoms with Crippen molar-refractivity contribution < 1.29 is 17.6 Å². The molecule has 3 aromatic heterocycles. The van der Waals surface area contributed by atoms with Gasteiger partial charge in [-0.05, 0) is 83.4 Å². The van der Waals surface area contributed by atoms with Gasteiger partial charge in [0.25, 0.3) is 0 Å². The molecule has 0 saturated carbocycles. The fourth-order valence-electron chi connectivity index (χ4n) is 6.25. The summed E-state index contributed by atoms with van der Waals surface area (Å²) in [5.41, 5.74) is 5.44. The van der Waals surface area contributed by atoms with E-state index >= 15 is 8.78 Å². The topological polar surface area (TPSA) is 57.4 Å². The first kappa shape index (κ1) is 32.1. The Labute approximate surface area is 294 Å². The van der Waals surface area contributed by atoms with Crippen molar-refractivity contribution in [1.29, 1.82) is 0 Å². The number of alkyl halides is 5. The molecule has 0 spiro atoms. The predicted octanol–water partition coefficient (Wildman–Crippen LogP) is 11.3. The van der Waals surface area contributed by atoms with E-state index in [2.05, 4.69) is 31.8 Å². The number of aromatic nitrogens is 4. The van der Waals surface area contributed by atoms with Crippen molar-refractivity contribution in [3.05, 3.63) is 155 Å². The largest absolute Gasteiger partial charge is 0.388 e. The number of aromatic amines is 2. The maximum atomic E-state index is 15.9. The van der Waals surface area contributed by atoms with Crippen molar-refractivity contribution in [3.63, 3.8) is 0 Å². The van der Waals surface area contributed by atoms with Crippen molar-refractivity contribution in [1.82, 2.24) is 19.9 Å². The lowest BCUT2D eigenvalue weighted by molar-refractivity contribution is -0.164. The van der Waals surface area contributed by atoms with Crippen LogP contribution in [0.3, 0.4) is 0 Å². The van der Waals surface area contributed by atoms with E-state index in [0.29, 0.717) is 44.5 Å². The minimum atomic E-state index is -4.94. The van der Waals surface area contributed by atoms with Crippen LogP contribution in [0, 0.1) is 11.8 Å². The molecule has 248 valence electrons. The Morgan fingerprint density at radius 1 is 0.529 bits per heavy atom. The van der Waals surface area contributed by atoms with Gasteiger partial charge in [0, 0.05) is 33.2 Å². The van der Waals surface area contributed by atoms with Crippen LogP contribution in [0.2, 0.25) is 0 Å². The Bertz CT molecular complexity index is 2590. The summed E-state index contributed by atoms with van der Waals surface area (Å²) in [5.74, 6) is 1.67. The summed E-state index contributed by atoms with van der Waals surface area (Å²) in [6.45, 7) is 0. The van der Waals surface area contributed by atoms with Gasteiger partial charge >= 0.3 is 11.3 Å². The van der Waals surface area contributed by atoms with Crippen LogP contribution in [-0.4, -0.2) is 25.3 Å². The zero-order chi connectivity index (χ0) is 35.2. The number of fused-ring (bicyclic) bond motifs is 8. The standard InChI is InChI=1S/C42H25ClF4N4/c43-42(46,47)41(44,45)40-34-22-20-32(49-34)38(27-12-6-2-7-13-27)31-19-18-30(48-31)25-36-29(17-16-26-10-4-1-5-11-26)24-37(51-36)39(28-14-8-3-9-15-28)33-21-23-35(40)50-33/h1-15,18-25,48,51H. The summed E-state index contributed by atoms with van der Waals surface area (Å²) < 4.78 is 61.0. The molecule has 8 rings (SSSR count). The molecule has 2 N–H and O–H groups in total. The van der Waals surface area contributed by atoms with Gasteiger partial charge in [0.1, 0.15) is 0 Å². The highest BCUT2D eigenvalue weighted by atomic mass is 35.5. The zero-order valence-corrected chi connectivity index (χ0v) is 27.3. The van der Waals surface area contributed by atoms with Crippen LogP contribution in [0.15, 0.2) is 115 Å². The SMILES string of the molecule is FC(F)(Cl)C(F)(F)c1c2nc(c(-c3ccccc3)c3ccc(cc4[nH]c(cc4C#Cc4ccccc4)c(-c4ccccc4)c4nc1C=C4)[nH]3)C=C2. The Morgan fingerprint density at radius 3 is 1.63 bits per heavy atom. The number of hydrogen-bond acceptors (Lipinski definition) is 2. The molecule has 0 aliphatic carbocycles. The summed E-state index contributed by atoms with van der Waals surface area (Å²) in [7, 11) is 0. The van der Waals surface area contributed by atoms with Gasteiger partial charge in [-0.2, -0.15) is 17.6 Å². The third-order valence-corrected chi connectivity index (χ3v) is 8.85. The molecular weight excluding hydrogens is 672 g/mol. The number of benzene rings is 3. The zero-order valence-electron chi connectivity index (χ0n) is 26.6. The second-order valence-corrected chi connectivity index (χ2v) is 12.4. The first-order valence-corrected chi connectivity index (χ1v) is 16.3. The van der Waals surface area contributed by atoms with E-state index in [9.17, 15) is 8.78 Å². The highest BCUT2D eigenvalue weighted by Gasteiger charge is 2.58. The molecule has 51 heavy (non-hydrogen) atoms. The van der Waals surface area contributed by atoms with Gasteiger partial charge in [-0.25, -0.2) is 9.97 Å². The second-order valence-electron chi connectivity index (χ2n) is 12.0. The maximum absolute atomic E-state index is 15.9. The number of H-pyrrole nitrogens is 2. The van der Waals surface area contributed by atoms with Gasteiger partial charge < -0.3 is 9.97 Å². The smallest absolute Gasteiger partial charge is 0.355 e. The van der Waals surface area contributed by atoms with Crippen LogP contribution in [-0.2, 0) is 5.92 Å². The van der Waals surface area contributed by atoms with Crippen LogP contribution in [0.25, 0.3) is 68.6 Å². The molecule has 0 amide bonds. The van der Waals surface area contributed by atoms with Gasteiger partial charge in [-0.1, -0.05) is 90.7 Å². The third kappa shape index (κ3) is 6.02. The molecule has 8 bridgehead atoms. The van der Waals surface area contributed by atoms with E-state index in [-0.39, 0.29) is 17.1 Å². The molecule has 0 atom stereocenters. The Hall–Kier alpha value is -6.17. The lowest BCUT2D eigenvalue weighted by atomic mass is 10.0. The van der Waals surface area contributed by atoms with Crippen molar-refractivity contribution in [2.45, 2.75) is 11.3 Å². The number of nitrogens with zero attached hydrogens (tertiary/aromatic N) is 2. The predicted molar refractivity (Wildman–Crippen MR) is 197 cm³/mol. The average Bonchev–Trinajstić information content (AvgIpc) is 3.95. The average molecular weight is 697 g/mol.